The summed E-state index contributed by atoms with van der Waals surface area (Å²) in [6.45, 7) is 7.80. The number of ether oxygens (including phenoxy) is 2. The third kappa shape index (κ3) is 4.74. The number of aryl methyl sites for hydroxylation is 1. The molecule has 0 bridgehead atoms. The maximum Gasteiger partial charge on any atom is 0.251 e. The summed E-state index contributed by atoms with van der Waals surface area (Å²) in [4.78, 5) is 12.5. The topological polar surface area (TPSA) is 47.6 Å². The van der Waals surface area contributed by atoms with Crippen molar-refractivity contribution >= 4 is 5.91 Å². The van der Waals surface area contributed by atoms with Crippen molar-refractivity contribution in [3.63, 3.8) is 0 Å². The summed E-state index contributed by atoms with van der Waals surface area (Å²) in [7, 11) is 1.62. The van der Waals surface area contributed by atoms with Gasteiger partial charge in [-0.15, -0.1) is 0 Å². The minimum Gasteiger partial charge on any atom is -0.497 e. The molecular formula is C24H31NO3. The van der Waals surface area contributed by atoms with Crippen molar-refractivity contribution in [1.82, 2.24) is 5.32 Å². The standard InChI is InChI=1S/C24H31NO3/c1-18-5-9-20(10-6-18)24(14-16-28-23(2,3)17-24)13-15-25-22(26)19-7-11-21(27-4)12-8-19/h5-12H,13-17H2,1-4H3,(H,25,26). The lowest BCUT2D eigenvalue weighted by atomic mass is 9.67. The van der Waals surface area contributed by atoms with Crippen molar-refractivity contribution in [3.8, 4) is 5.75 Å². The van der Waals surface area contributed by atoms with Crippen LogP contribution in [0.5, 0.6) is 5.75 Å². The van der Waals surface area contributed by atoms with E-state index in [0.717, 1.165) is 31.6 Å². The van der Waals surface area contributed by atoms with Gasteiger partial charge in [-0.05, 0) is 69.9 Å². The van der Waals surface area contributed by atoms with E-state index in [1.165, 1.54) is 11.1 Å². The second kappa shape index (κ2) is 8.36. The molecule has 4 heteroatoms. The second-order valence-electron chi connectivity index (χ2n) is 8.42. The molecule has 1 aliphatic rings. The van der Waals surface area contributed by atoms with E-state index in [4.69, 9.17) is 9.47 Å². The van der Waals surface area contributed by atoms with Crippen molar-refractivity contribution in [2.75, 3.05) is 20.3 Å². The first-order valence-electron chi connectivity index (χ1n) is 9.97. The van der Waals surface area contributed by atoms with Gasteiger partial charge in [0.25, 0.3) is 5.91 Å². The Balaban J connectivity index is 1.71. The Morgan fingerprint density at radius 1 is 1.11 bits per heavy atom. The summed E-state index contributed by atoms with van der Waals surface area (Å²) in [5.41, 5.74) is 3.11. The van der Waals surface area contributed by atoms with E-state index in [1.54, 1.807) is 19.2 Å². The number of hydrogen-bond acceptors (Lipinski definition) is 3. The highest BCUT2D eigenvalue weighted by Crippen LogP contribution is 2.43. The molecule has 0 saturated carbocycles. The van der Waals surface area contributed by atoms with E-state index < -0.39 is 0 Å². The zero-order valence-corrected chi connectivity index (χ0v) is 17.4. The predicted molar refractivity (Wildman–Crippen MR) is 112 cm³/mol. The molecule has 1 unspecified atom stereocenters. The third-order valence-corrected chi connectivity index (χ3v) is 5.74. The summed E-state index contributed by atoms with van der Waals surface area (Å²) in [5, 5.41) is 3.10. The summed E-state index contributed by atoms with van der Waals surface area (Å²) < 4.78 is 11.1. The van der Waals surface area contributed by atoms with Crippen LogP contribution in [0, 0.1) is 6.92 Å². The first kappa shape index (κ1) is 20.4. The lowest BCUT2D eigenvalue weighted by Gasteiger charge is -2.45. The van der Waals surface area contributed by atoms with E-state index >= 15 is 0 Å². The SMILES string of the molecule is COc1ccc(C(=O)NCCC2(c3ccc(C)cc3)CCOC(C)(C)C2)cc1. The number of methoxy groups -OCH3 is 1. The first-order valence-corrected chi connectivity index (χ1v) is 9.97. The maximum atomic E-state index is 12.5. The molecule has 1 atom stereocenters. The zero-order chi connectivity index (χ0) is 20.2. The highest BCUT2D eigenvalue weighted by Gasteiger charge is 2.41. The minimum atomic E-state index is -0.164. The summed E-state index contributed by atoms with van der Waals surface area (Å²) >= 11 is 0. The number of hydrogen-bond donors (Lipinski definition) is 1. The molecule has 1 amide bonds. The number of benzene rings is 2. The molecule has 28 heavy (non-hydrogen) atoms. The molecule has 0 aromatic heterocycles. The van der Waals surface area contributed by atoms with Crippen LogP contribution in [0.15, 0.2) is 48.5 Å². The fraction of sp³-hybridized carbons (Fsp3) is 0.458. The number of carbonyl (C=O) groups excluding carboxylic acids is 1. The van der Waals surface area contributed by atoms with Gasteiger partial charge in [-0.3, -0.25) is 4.79 Å². The number of nitrogens with one attached hydrogen (secondary N) is 1. The van der Waals surface area contributed by atoms with Crippen LogP contribution in [0.2, 0.25) is 0 Å². The summed E-state index contributed by atoms with van der Waals surface area (Å²) in [5.74, 6) is 0.701. The molecule has 3 rings (SSSR count). The lowest BCUT2D eigenvalue weighted by Crippen LogP contribution is -2.45. The molecule has 2 aromatic carbocycles. The van der Waals surface area contributed by atoms with E-state index in [2.05, 4.69) is 50.4 Å². The largest absolute Gasteiger partial charge is 0.497 e. The van der Waals surface area contributed by atoms with Gasteiger partial charge in [0.05, 0.1) is 12.7 Å². The van der Waals surface area contributed by atoms with E-state index in [-0.39, 0.29) is 16.9 Å². The molecule has 150 valence electrons. The van der Waals surface area contributed by atoms with Gasteiger partial charge in [0.15, 0.2) is 0 Å². The second-order valence-corrected chi connectivity index (χ2v) is 8.42. The van der Waals surface area contributed by atoms with Gasteiger partial charge in [-0.25, -0.2) is 0 Å². The summed E-state index contributed by atoms with van der Waals surface area (Å²) in [6.07, 6.45) is 2.81. The molecule has 0 aliphatic carbocycles. The molecule has 1 N–H and O–H groups in total. The third-order valence-electron chi connectivity index (χ3n) is 5.74. The van der Waals surface area contributed by atoms with Crippen LogP contribution in [-0.4, -0.2) is 31.8 Å². The van der Waals surface area contributed by atoms with Gasteiger partial charge in [0.2, 0.25) is 0 Å². The van der Waals surface area contributed by atoms with Crippen molar-refractivity contribution in [1.29, 1.82) is 0 Å². The van der Waals surface area contributed by atoms with Crippen LogP contribution >= 0.6 is 0 Å². The van der Waals surface area contributed by atoms with Crippen LogP contribution in [-0.2, 0) is 10.2 Å². The molecule has 1 fully saturated rings. The van der Waals surface area contributed by atoms with E-state index in [9.17, 15) is 4.79 Å². The number of carbonyl (C=O) groups is 1. The van der Waals surface area contributed by atoms with Crippen molar-refractivity contribution < 1.29 is 14.3 Å². The smallest absolute Gasteiger partial charge is 0.251 e. The molecule has 1 saturated heterocycles. The van der Waals surface area contributed by atoms with Crippen molar-refractivity contribution in [2.45, 2.75) is 51.0 Å². The minimum absolute atomic E-state index is 0.0165. The Morgan fingerprint density at radius 3 is 2.39 bits per heavy atom. The van der Waals surface area contributed by atoms with Crippen LogP contribution in [0.4, 0.5) is 0 Å². The van der Waals surface area contributed by atoms with Gasteiger partial charge in [-0.2, -0.15) is 0 Å². The van der Waals surface area contributed by atoms with Gasteiger partial charge in [0.1, 0.15) is 5.75 Å². The van der Waals surface area contributed by atoms with E-state index in [0.29, 0.717) is 12.1 Å². The Kier molecular flexibility index (Phi) is 6.09. The Bertz CT molecular complexity index is 796. The molecular weight excluding hydrogens is 350 g/mol. The van der Waals surface area contributed by atoms with Crippen LogP contribution < -0.4 is 10.1 Å². The molecule has 0 radical (unpaired) electrons. The number of rotatable bonds is 6. The van der Waals surface area contributed by atoms with Gasteiger partial charge in [0, 0.05) is 24.1 Å². The first-order chi connectivity index (χ1) is 13.3. The molecule has 0 spiro atoms. The molecule has 1 heterocycles. The monoisotopic (exact) mass is 381 g/mol. The highest BCUT2D eigenvalue weighted by molar-refractivity contribution is 5.94. The normalized spacial score (nSPS) is 21.1. The fourth-order valence-corrected chi connectivity index (χ4v) is 4.25. The van der Waals surface area contributed by atoms with Crippen molar-refractivity contribution in [3.05, 3.63) is 65.2 Å². The average molecular weight is 382 g/mol. The van der Waals surface area contributed by atoms with Gasteiger partial charge >= 0.3 is 0 Å². The van der Waals surface area contributed by atoms with Crippen LogP contribution in [0.25, 0.3) is 0 Å². The highest BCUT2D eigenvalue weighted by atomic mass is 16.5. The molecule has 2 aromatic rings. The Hall–Kier alpha value is -2.33. The Morgan fingerprint density at radius 2 is 1.79 bits per heavy atom. The van der Waals surface area contributed by atoms with E-state index in [1.807, 2.05) is 12.1 Å². The number of amides is 1. The maximum absolute atomic E-state index is 12.5. The predicted octanol–water partition coefficient (Wildman–Crippen LogP) is 4.65. The van der Waals surface area contributed by atoms with Crippen LogP contribution in [0.3, 0.4) is 0 Å². The summed E-state index contributed by atoms with van der Waals surface area (Å²) in [6, 6.07) is 16.0. The zero-order valence-electron chi connectivity index (χ0n) is 17.4. The quantitative estimate of drug-likeness (QED) is 0.792. The average Bonchev–Trinajstić information content (AvgIpc) is 2.67. The van der Waals surface area contributed by atoms with Gasteiger partial charge in [-0.1, -0.05) is 29.8 Å². The fourth-order valence-electron chi connectivity index (χ4n) is 4.25. The lowest BCUT2D eigenvalue weighted by molar-refractivity contribution is -0.0838. The van der Waals surface area contributed by atoms with Crippen molar-refractivity contribution in [2.24, 2.45) is 0 Å². The molecule has 4 nitrogen and oxygen atoms in total. The molecule has 1 aliphatic heterocycles. The van der Waals surface area contributed by atoms with Gasteiger partial charge < -0.3 is 14.8 Å². The van der Waals surface area contributed by atoms with Crippen LogP contribution in [0.1, 0.15) is 54.6 Å². The Labute approximate surface area is 168 Å².